The summed E-state index contributed by atoms with van der Waals surface area (Å²) in [5, 5.41) is 3.26. The van der Waals surface area contributed by atoms with Crippen molar-refractivity contribution in [1.82, 2.24) is 10.0 Å². The predicted molar refractivity (Wildman–Crippen MR) is 81.3 cm³/mol. The fourth-order valence-corrected chi connectivity index (χ4v) is 3.90. The van der Waals surface area contributed by atoms with Gasteiger partial charge in [0.15, 0.2) is 0 Å². The lowest BCUT2D eigenvalue weighted by Crippen LogP contribution is -2.50. The predicted octanol–water partition coefficient (Wildman–Crippen LogP) is 2.06. The van der Waals surface area contributed by atoms with Crippen LogP contribution in [0.4, 0.5) is 0 Å². The monoisotopic (exact) mass is 296 g/mol. The molecule has 1 aliphatic carbocycles. The normalized spacial score (nSPS) is 17.7. The molecule has 20 heavy (non-hydrogen) atoms. The zero-order valence-corrected chi connectivity index (χ0v) is 13.1. The maximum atomic E-state index is 12.3. The molecule has 0 aliphatic heterocycles. The SMILES string of the molecule is CCNCCc1ccc(S(=O)(=O)NC2(C)CCC2)cc1. The molecule has 0 atom stereocenters. The Morgan fingerprint density at radius 1 is 1.20 bits per heavy atom. The third kappa shape index (κ3) is 3.81. The molecule has 0 aromatic heterocycles. The molecule has 4 nitrogen and oxygen atoms in total. The quantitative estimate of drug-likeness (QED) is 0.757. The first kappa shape index (κ1) is 15.5. The summed E-state index contributed by atoms with van der Waals surface area (Å²) in [6.45, 7) is 5.91. The molecule has 1 aromatic rings. The van der Waals surface area contributed by atoms with Crippen LogP contribution in [-0.4, -0.2) is 27.0 Å². The van der Waals surface area contributed by atoms with Gasteiger partial charge in [0.25, 0.3) is 0 Å². The fraction of sp³-hybridized carbons (Fsp3) is 0.600. The van der Waals surface area contributed by atoms with Crippen molar-refractivity contribution >= 4 is 10.0 Å². The van der Waals surface area contributed by atoms with Gasteiger partial charge in [-0.25, -0.2) is 13.1 Å². The Hall–Kier alpha value is -0.910. The number of nitrogens with one attached hydrogen (secondary N) is 2. The molecule has 0 spiro atoms. The molecular formula is C15H24N2O2S. The highest BCUT2D eigenvalue weighted by atomic mass is 32.2. The van der Waals surface area contributed by atoms with Crippen molar-refractivity contribution < 1.29 is 8.42 Å². The summed E-state index contributed by atoms with van der Waals surface area (Å²) in [5.74, 6) is 0. The first-order chi connectivity index (χ1) is 9.45. The Bertz CT molecular complexity index is 533. The molecule has 1 saturated carbocycles. The standard InChI is InChI=1S/C15H24N2O2S/c1-3-16-12-9-13-5-7-14(8-6-13)20(18,19)17-15(2)10-4-11-15/h5-8,16-17H,3-4,9-12H2,1-2H3. The number of sulfonamides is 1. The van der Waals surface area contributed by atoms with Crippen LogP contribution >= 0.6 is 0 Å². The molecule has 0 heterocycles. The summed E-state index contributed by atoms with van der Waals surface area (Å²) in [6.07, 6.45) is 3.86. The van der Waals surface area contributed by atoms with E-state index < -0.39 is 10.0 Å². The Kier molecular flexibility index (Phi) is 4.83. The molecular weight excluding hydrogens is 272 g/mol. The van der Waals surface area contributed by atoms with Gasteiger partial charge >= 0.3 is 0 Å². The largest absolute Gasteiger partial charge is 0.317 e. The minimum absolute atomic E-state index is 0.247. The highest BCUT2D eigenvalue weighted by Gasteiger charge is 2.36. The Morgan fingerprint density at radius 2 is 1.85 bits per heavy atom. The summed E-state index contributed by atoms with van der Waals surface area (Å²) >= 11 is 0. The second-order valence-electron chi connectivity index (χ2n) is 5.77. The van der Waals surface area contributed by atoms with Crippen LogP contribution in [0, 0.1) is 0 Å². The lowest BCUT2D eigenvalue weighted by molar-refractivity contribution is 0.248. The van der Waals surface area contributed by atoms with Crippen LogP contribution in [0.15, 0.2) is 29.2 Å². The number of likely N-dealkylation sites (N-methyl/N-ethyl adjacent to an activating group) is 1. The van der Waals surface area contributed by atoms with Gasteiger partial charge in [-0.1, -0.05) is 19.1 Å². The lowest BCUT2D eigenvalue weighted by Gasteiger charge is -2.38. The maximum absolute atomic E-state index is 12.3. The van der Waals surface area contributed by atoms with Crippen molar-refractivity contribution in [3.8, 4) is 0 Å². The first-order valence-corrected chi connectivity index (χ1v) is 8.77. The minimum atomic E-state index is -3.39. The van der Waals surface area contributed by atoms with Crippen LogP contribution < -0.4 is 10.0 Å². The van der Waals surface area contributed by atoms with E-state index in [1.165, 1.54) is 0 Å². The van der Waals surface area contributed by atoms with E-state index in [2.05, 4.69) is 17.0 Å². The van der Waals surface area contributed by atoms with Gasteiger partial charge in [-0.2, -0.15) is 0 Å². The Morgan fingerprint density at radius 3 is 2.35 bits per heavy atom. The molecule has 2 N–H and O–H groups in total. The first-order valence-electron chi connectivity index (χ1n) is 7.29. The van der Waals surface area contributed by atoms with Gasteiger partial charge in [0, 0.05) is 5.54 Å². The molecule has 1 aliphatic rings. The second-order valence-corrected chi connectivity index (χ2v) is 7.45. The summed E-state index contributed by atoms with van der Waals surface area (Å²) in [4.78, 5) is 0.359. The molecule has 1 fully saturated rings. The van der Waals surface area contributed by atoms with Gasteiger partial charge in [0.05, 0.1) is 4.90 Å². The number of benzene rings is 1. The summed E-state index contributed by atoms with van der Waals surface area (Å²) in [6, 6.07) is 7.20. The van der Waals surface area contributed by atoms with E-state index in [0.717, 1.165) is 44.3 Å². The average Bonchev–Trinajstić information content (AvgIpc) is 2.37. The third-order valence-electron chi connectivity index (χ3n) is 3.91. The van der Waals surface area contributed by atoms with E-state index in [1.807, 2.05) is 19.1 Å². The lowest BCUT2D eigenvalue weighted by atomic mass is 9.80. The summed E-state index contributed by atoms with van der Waals surface area (Å²) in [7, 11) is -3.39. The van der Waals surface area contributed by atoms with E-state index in [4.69, 9.17) is 0 Å². The summed E-state index contributed by atoms with van der Waals surface area (Å²) in [5.41, 5.74) is 0.905. The molecule has 0 saturated heterocycles. The van der Waals surface area contributed by atoms with E-state index in [-0.39, 0.29) is 5.54 Å². The number of rotatable bonds is 7. The van der Waals surface area contributed by atoms with Crippen LogP contribution in [0.5, 0.6) is 0 Å². The average molecular weight is 296 g/mol. The van der Waals surface area contributed by atoms with Crippen molar-refractivity contribution in [2.45, 2.75) is 50.0 Å². The Balaban J connectivity index is 2.01. The van der Waals surface area contributed by atoms with Gasteiger partial charge < -0.3 is 5.32 Å². The van der Waals surface area contributed by atoms with Gasteiger partial charge in [0.2, 0.25) is 10.0 Å². The molecule has 5 heteroatoms. The highest BCUT2D eigenvalue weighted by molar-refractivity contribution is 7.89. The maximum Gasteiger partial charge on any atom is 0.241 e. The minimum Gasteiger partial charge on any atom is -0.317 e. The van der Waals surface area contributed by atoms with Gasteiger partial charge in [-0.05, 0) is 63.4 Å². The Labute approximate surface area is 122 Å². The molecule has 0 unspecified atom stereocenters. The van der Waals surface area contributed by atoms with Crippen LogP contribution in [-0.2, 0) is 16.4 Å². The van der Waals surface area contributed by atoms with Crippen molar-refractivity contribution in [3.63, 3.8) is 0 Å². The zero-order chi connectivity index (χ0) is 14.6. The van der Waals surface area contributed by atoms with Crippen LogP contribution in [0.1, 0.15) is 38.7 Å². The van der Waals surface area contributed by atoms with Crippen molar-refractivity contribution in [2.24, 2.45) is 0 Å². The van der Waals surface area contributed by atoms with E-state index in [0.29, 0.717) is 4.90 Å². The number of hydrogen-bond acceptors (Lipinski definition) is 3. The smallest absolute Gasteiger partial charge is 0.241 e. The third-order valence-corrected chi connectivity index (χ3v) is 5.57. The molecule has 0 radical (unpaired) electrons. The van der Waals surface area contributed by atoms with Crippen molar-refractivity contribution in [3.05, 3.63) is 29.8 Å². The molecule has 1 aromatic carbocycles. The van der Waals surface area contributed by atoms with Crippen molar-refractivity contribution in [2.75, 3.05) is 13.1 Å². The highest BCUT2D eigenvalue weighted by Crippen LogP contribution is 2.32. The van der Waals surface area contributed by atoms with Gasteiger partial charge in [-0.15, -0.1) is 0 Å². The van der Waals surface area contributed by atoms with Crippen molar-refractivity contribution in [1.29, 1.82) is 0 Å². The van der Waals surface area contributed by atoms with Gasteiger partial charge in [-0.3, -0.25) is 0 Å². The summed E-state index contributed by atoms with van der Waals surface area (Å²) < 4.78 is 27.4. The van der Waals surface area contributed by atoms with E-state index in [1.54, 1.807) is 12.1 Å². The molecule has 0 amide bonds. The van der Waals surface area contributed by atoms with Crippen LogP contribution in [0.25, 0.3) is 0 Å². The zero-order valence-electron chi connectivity index (χ0n) is 12.3. The van der Waals surface area contributed by atoms with Gasteiger partial charge in [0.1, 0.15) is 0 Å². The van der Waals surface area contributed by atoms with Crippen LogP contribution in [0.3, 0.4) is 0 Å². The van der Waals surface area contributed by atoms with Crippen LogP contribution in [0.2, 0.25) is 0 Å². The molecule has 2 rings (SSSR count). The van der Waals surface area contributed by atoms with E-state index >= 15 is 0 Å². The molecule has 112 valence electrons. The number of hydrogen-bond donors (Lipinski definition) is 2. The topological polar surface area (TPSA) is 58.2 Å². The molecule has 0 bridgehead atoms. The second kappa shape index (κ2) is 6.24. The fourth-order valence-electron chi connectivity index (χ4n) is 2.44. The van der Waals surface area contributed by atoms with E-state index in [9.17, 15) is 8.42 Å².